The molecule has 1 atom stereocenters. The average Bonchev–Trinajstić information content (AvgIpc) is 2.77. The topological polar surface area (TPSA) is 77.1 Å². The molecule has 0 aromatic heterocycles. The molecule has 2 aromatic carbocycles. The van der Waals surface area contributed by atoms with Gasteiger partial charge in [0.15, 0.2) is 0 Å². The Balaban J connectivity index is 1.58. The number of amides is 2. The SMILES string of the molecule is COc1cc(OC)cc(C(=O)NCC(=O)N2CCO[C@H](c3ccccc3)C2)c1. The van der Waals surface area contributed by atoms with Gasteiger partial charge in [0.05, 0.1) is 33.9 Å². The smallest absolute Gasteiger partial charge is 0.251 e. The molecule has 1 N–H and O–H groups in total. The van der Waals surface area contributed by atoms with Crippen molar-refractivity contribution in [2.45, 2.75) is 6.10 Å². The lowest BCUT2D eigenvalue weighted by Crippen LogP contribution is -2.46. The zero-order valence-electron chi connectivity index (χ0n) is 16.0. The van der Waals surface area contributed by atoms with Gasteiger partial charge in [-0.25, -0.2) is 0 Å². The van der Waals surface area contributed by atoms with Crippen LogP contribution >= 0.6 is 0 Å². The predicted molar refractivity (Wildman–Crippen MR) is 104 cm³/mol. The number of carbonyl (C=O) groups is 2. The summed E-state index contributed by atoms with van der Waals surface area (Å²) in [4.78, 5) is 26.7. The number of hydrogen-bond acceptors (Lipinski definition) is 5. The normalized spacial score (nSPS) is 16.4. The van der Waals surface area contributed by atoms with Crippen molar-refractivity contribution in [1.29, 1.82) is 0 Å². The lowest BCUT2D eigenvalue weighted by molar-refractivity contribution is -0.137. The number of hydrogen-bond donors (Lipinski definition) is 1. The van der Waals surface area contributed by atoms with E-state index in [-0.39, 0.29) is 24.5 Å². The van der Waals surface area contributed by atoms with E-state index in [9.17, 15) is 9.59 Å². The number of morpholine rings is 1. The number of benzene rings is 2. The molecule has 0 saturated carbocycles. The van der Waals surface area contributed by atoms with E-state index in [1.165, 1.54) is 14.2 Å². The van der Waals surface area contributed by atoms with Gasteiger partial charge in [-0.05, 0) is 17.7 Å². The lowest BCUT2D eigenvalue weighted by Gasteiger charge is -2.33. The third-order valence-corrected chi connectivity index (χ3v) is 4.60. The largest absolute Gasteiger partial charge is 0.497 e. The van der Waals surface area contributed by atoms with Crippen molar-refractivity contribution in [2.24, 2.45) is 0 Å². The fraction of sp³-hybridized carbons (Fsp3) is 0.333. The monoisotopic (exact) mass is 384 g/mol. The molecule has 1 aliphatic rings. The summed E-state index contributed by atoms with van der Waals surface area (Å²) in [7, 11) is 3.03. The van der Waals surface area contributed by atoms with E-state index in [4.69, 9.17) is 14.2 Å². The Morgan fingerprint density at radius 3 is 2.43 bits per heavy atom. The second kappa shape index (κ2) is 9.23. The second-order valence-electron chi connectivity index (χ2n) is 6.39. The molecule has 28 heavy (non-hydrogen) atoms. The maximum Gasteiger partial charge on any atom is 0.251 e. The second-order valence-corrected chi connectivity index (χ2v) is 6.39. The highest BCUT2D eigenvalue weighted by molar-refractivity contribution is 5.97. The number of ether oxygens (including phenoxy) is 3. The van der Waals surface area contributed by atoms with Crippen LogP contribution in [0.3, 0.4) is 0 Å². The first kappa shape index (κ1) is 19.7. The highest BCUT2D eigenvalue weighted by Gasteiger charge is 2.25. The molecule has 1 aliphatic heterocycles. The van der Waals surface area contributed by atoms with Crippen molar-refractivity contribution < 1.29 is 23.8 Å². The van der Waals surface area contributed by atoms with Gasteiger partial charge < -0.3 is 24.4 Å². The molecule has 7 heteroatoms. The summed E-state index contributed by atoms with van der Waals surface area (Å²) in [5, 5.41) is 2.67. The number of methoxy groups -OCH3 is 2. The molecule has 0 aliphatic carbocycles. The Hall–Kier alpha value is -3.06. The summed E-state index contributed by atoms with van der Waals surface area (Å²) in [5.41, 5.74) is 1.40. The first-order chi connectivity index (χ1) is 13.6. The van der Waals surface area contributed by atoms with Gasteiger partial charge in [0.1, 0.15) is 17.6 Å². The van der Waals surface area contributed by atoms with E-state index in [1.807, 2.05) is 30.3 Å². The van der Waals surface area contributed by atoms with E-state index < -0.39 is 0 Å². The van der Waals surface area contributed by atoms with Crippen LogP contribution in [-0.2, 0) is 9.53 Å². The number of nitrogens with one attached hydrogen (secondary N) is 1. The van der Waals surface area contributed by atoms with Crippen LogP contribution in [0.25, 0.3) is 0 Å². The van der Waals surface area contributed by atoms with Gasteiger partial charge in [-0.3, -0.25) is 9.59 Å². The molecule has 1 heterocycles. The van der Waals surface area contributed by atoms with Gasteiger partial charge in [-0.15, -0.1) is 0 Å². The van der Waals surface area contributed by atoms with Gasteiger partial charge in [0.25, 0.3) is 5.91 Å². The van der Waals surface area contributed by atoms with E-state index in [0.717, 1.165) is 5.56 Å². The average molecular weight is 384 g/mol. The van der Waals surface area contributed by atoms with Gasteiger partial charge in [0, 0.05) is 18.2 Å². The standard InChI is InChI=1S/C21H24N2O5/c1-26-17-10-16(11-18(12-17)27-2)21(25)22-13-20(24)23-8-9-28-19(14-23)15-6-4-3-5-7-15/h3-7,10-12,19H,8-9,13-14H2,1-2H3,(H,22,25)/t19-/m0/s1. The zero-order valence-corrected chi connectivity index (χ0v) is 16.0. The number of carbonyl (C=O) groups excluding carboxylic acids is 2. The van der Waals surface area contributed by atoms with Gasteiger partial charge in [-0.2, -0.15) is 0 Å². The van der Waals surface area contributed by atoms with E-state index >= 15 is 0 Å². The predicted octanol–water partition coefficient (Wildman–Crippen LogP) is 2.03. The Bertz CT molecular complexity index is 803. The fourth-order valence-electron chi connectivity index (χ4n) is 3.05. The van der Waals surface area contributed by atoms with Crippen LogP contribution < -0.4 is 14.8 Å². The minimum Gasteiger partial charge on any atom is -0.497 e. The van der Waals surface area contributed by atoms with Gasteiger partial charge in [0.2, 0.25) is 5.91 Å². The van der Waals surface area contributed by atoms with E-state index in [1.54, 1.807) is 23.1 Å². The van der Waals surface area contributed by atoms with Crippen LogP contribution in [0, 0.1) is 0 Å². The maximum absolute atomic E-state index is 12.6. The van der Waals surface area contributed by atoms with Crippen LogP contribution in [0.15, 0.2) is 48.5 Å². The van der Waals surface area contributed by atoms with Crippen molar-refractivity contribution in [3.05, 3.63) is 59.7 Å². The van der Waals surface area contributed by atoms with Crippen molar-refractivity contribution >= 4 is 11.8 Å². The van der Waals surface area contributed by atoms with Crippen molar-refractivity contribution in [2.75, 3.05) is 40.5 Å². The summed E-state index contributed by atoms with van der Waals surface area (Å²) in [6.45, 7) is 1.35. The van der Waals surface area contributed by atoms with Gasteiger partial charge >= 0.3 is 0 Å². The van der Waals surface area contributed by atoms with Crippen LogP contribution in [-0.4, -0.2) is 57.2 Å². The zero-order chi connectivity index (χ0) is 19.9. The molecule has 0 bridgehead atoms. The Morgan fingerprint density at radius 1 is 1.11 bits per heavy atom. The molecule has 148 valence electrons. The third-order valence-electron chi connectivity index (χ3n) is 4.60. The van der Waals surface area contributed by atoms with Crippen LogP contribution in [0.2, 0.25) is 0 Å². The summed E-state index contributed by atoms with van der Waals surface area (Å²) < 4.78 is 16.1. The molecule has 1 saturated heterocycles. The highest BCUT2D eigenvalue weighted by atomic mass is 16.5. The summed E-state index contributed by atoms with van der Waals surface area (Å²) in [6.07, 6.45) is -0.155. The molecule has 7 nitrogen and oxygen atoms in total. The van der Waals surface area contributed by atoms with Gasteiger partial charge in [-0.1, -0.05) is 30.3 Å². The highest BCUT2D eigenvalue weighted by Crippen LogP contribution is 2.23. The molecular formula is C21H24N2O5. The molecular weight excluding hydrogens is 360 g/mol. The summed E-state index contributed by atoms with van der Waals surface area (Å²) in [6, 6.07) is 14.7. The van der Waals surface area contributed by atoms with Crippen LogP contribution in [0.4, 0.5) is 0 Å². The van der Waals surface area contributed by atoms with Crippen LogP contribution in [0.1, 0.15) is 22.0 Å². The van der Waals surface area contributed by atoms with E-state index in [2.05, 4.69) is 5.32 Å². The lowest BCUT2D eigenvalue weighted by atomic mass is 10.1. The maximum atomic E-state index is 12.6. The molecule has 1 fully saturated rings. The van der Waals surface area contributed by atoms with Crippen molar-refractivity contribution in [3.63, 3.8) is 0 Å². The summed E-state index contributed by atoms with van der Waals surface area (Å²) >= 11 is 0. The molecule has 2 aromatic rings. The molecule has 2 amide bonds. The molecule has 3 rings (SSSR count). The Morgan fingerprint density at radius 2 is 1.79 bits per heavy atom. The number of nitrogens with zero attached hydrogens (tertiary/aromatic N) is 1. The first-order valence-electron chi connectivity index (χ1n) is 9.06. The molecule has 0 spiro atoms. The molecule has 0 radical (unpaired) electrons. The first-order valence-corrected chi connectivity index (χ1v) is 9.06. The Kier molecular flexibility index (Phi) is 6.49. The minimum absolute atomic E-state index is 0.0835. The van der Waals surface area contributed by atoms with Crippen LogP contribution in [0.5, 0.6) is 11.5 Å². The fourth-order valence-corrected chi connectivity index (χ4v) is 3.05. The quantitative estimate of drug-likeness (QED) is 0.825. The van der Waals surface area contributed by atoms with Crippen molar-refractivity contribution in [1.82, 2.24) is 10.2 Å². The minimum atomic E-state index is -0.363. The summed E-state index contributed by atoms with van der Waals surface area (Å²) in [5.74, 6) is 0.510. The van der Waals surface area contributed by atoms with Crippen molar-refractivity contribution in [3.8, 4) is 11.5 Å². The van der Waals surface area contributed by atoms with E-state index in [0.29, 0.717) is 36.8 Å². The molecule has 0 unspecified atom stereocenters. The third kappa shape index (κ3) is 4.80. The Labute approximate surface area is 164 Å². The number of rotatable bonds is 6.